The zero-order valence-corrected chi connectivity index (χ0v) is 15.2. The third-order valence-electron chi connectivity index (χ3n) is 5.73. The molecule has 1 spiro atoms. The van der Waals surface area contributed by atoms with Crippen molar-refractivity contribution in [2.24, 2.45) is 0 Å². The summed E-state index contributed by atoms with van der Waals surface area (Å²) in [5, 5.41) is 1.78. The number of Topliss-reactive ketones (excluding diaryl/α,β-unsaturated/α-hetero) is 2. The van der Waals surface area contributed by atoms with Gasteiger partial charge in [-0.1, -0.05) is 54.6 Å². The molecule has 2 heterocycles. The Balaban J connectivity index is 1.74. The van der Waals surface area contributed by atoms with Crippen LogP contribution in [0.15, 0.2) is 85.5 Å². The number of hydrogen-bond acceptors (Lipinski definition) is 4. The van der Waals surface area contributed by atoms with Crippen LogP contribution < -0.4 is 4.74 Å². The average molecular weight is 378 g/mol. The molecular weight excluding hydrogens is 364 g/mol. The maximum absolute atomic E-state index is 13.8. The SMILES string of the molecule is O=C1c2ccccc2C(=O)C12C=C(n1ccnc1)Oc1ccc3ccccc3c12. The zero-order valence-electron chi connectivity index (χ0n) is 15.2. The summed E-state index contributed by atoms with van der Waals surface area (Å²) >= 11 is 0. The van der Waals surface area contributed by atoms with Gasteiger partial charge in [0.1, 0.15) is 17.5 Å². The fourth-order valence-corrected chi connectivity index (χ4v) is 4.42. The summed E-state index contributed by atoms with van der Waals surface area (Å²) in [6.45, 7) is 0. The standard InChI is InChI=1S/C24H14N2O3/c27-22-17-7-3-4-8-18(17)23(28)24(22)13-20(26-12-11-25-14-26)29-19-10-9-15-5-1-2-6-16(15)21(19)24/h1-14H. The molecule has 6 rings (SSSR count). The van der Waals surface area contributed by atoms with Gasteiger partial charge in [-0.15, -0.1) is 0 Å². The highest BCUT2D eigenvalue weighted by Crippen LogP contribution is 2.50. The lowest BCUT2D eigenvalue weighted by molar-refractivity contribution is 0.0829. The molecule has 0 amide bonds. The predicted octanol–water partition coefficient (Wildman–Crippen LogP) is 4.24. The van der Waals surface area contributed by atoms with E-state index in [2.05, 4.69) is 4.98 Å². The first-order valence-electron chi connectivity index (χ1n) is 9.30. The number of rotatable bonds is 1. The fraction of sp³-hybridized carbons (Fsp3) is 0.0417. The van der Waals surface area contributed by atoms with Crippen LogP contribution in [-0.2, 0) is 5.41 Å². The van der Waals surface area contributed by atoms with Crippen LogP contribution in [0, 0.1) is 0 Å². The van der Waals surface area contributed by atoms with Crippen LogP contribution in [0.2, 0.25) is 0 Å². The van der Waals surface area contributed by atoms with E-state index in [-0.39, 0.29) is 11.6 Å². The van der Waals surface area contributed by atoms with Crippen LogP contribution in [0.5, 0.6) is 5.75 Å². The Hall–Kier alpha value is -3.99. The van der Waals surface area contributed by atoms with E-state index in [1.54, 1.807) is 53.6 Å². The molecule has 5 nitrogen and oxygen atoms in total. The molecule has 0 N–H and O–H groups in total. The molecular formula is C24H14N2O3. The lowest BCUT2D eigenvalue weighted by Crippen LogP contribution is -2.40. The van der Waals surface area contributed by atoms with Gasteiger partial charge in [0.05, 0.1) is 0 Å². The van der Waals surface area contributed by atoms with Gasteiger partial charge in [-0.05, 0) is 16.8 Å². The summed E-state index contributed by atoms with van der Waals surface area (Å²) in [5.41, 5.74) is 0.0299. The molecule has 0 atom stereocenters. The highest BCUT2D eigenvalue weighted by molar-refractivity contribution is 6.36. The minimum Gasteiger partial charge on any atom is -0.440 e. The molecule has 0 radical (unpaired) electrons. The van der Waals surface area contributed by atoms with Gasteiger partial charge >= 0.3 is 0 Å². The molecule has 4 aromatic rings. The highest BCUT2D eigenvalue weighted by atomic mass is 16.5. The van der Waals surface area contributed by atoms with E-state index in [0.717, 1.165) is 10.8 Å². The summed E-state index contributed by atoms with van der Waals surface area (Å²) < 4.78 is 7.82. The van der Waals surface area contributed by atoms with E-state index < -0.39 is 5.41 Å². The monoisotopic (exact) mass is 378 g/mol. The second-order valence-electron chi connectivity index (χ2n) is 7.23. The second-order valence-corrected chi connectivity index (χ2v) is 7.23. The summed E-state index contributed by atoms with van der Waals surface area (Å²) in [7, 11) is 0. The van der Waals surface area contributed by atoms with Crippen molar-refractivity contribution in [2.45, 2.75) is 5.41 Å². The number of fused-ring (bicyclic) bond motifs is 5. The third kappa shape index (κ3) is 1.96. The Morgan fingerprint density at radius 1 is 0.862 bits per heavy atom. The first-order chi connectivity index (χ1) is 14.2. The van der Waals surface area contributed by atoms with Gasteiger partial charge in [0.15, 0.2) is 11.6 Å². The largest absolute Gasteiger partial charge is 0.440 e. The van der Waals surface area contributed by atoms with Gasteiger partial charge in [-0.25, -0.2) is 4.98 Å². The van der Waals surface area contributed by atoms with Crippen LogP contribution in [0.25, 0.3) is 16.7 Å². The molecule has 1 aliphatic carbocycles. The van der Waals surface area contributed by atoms with E-state index in [4.69, 9.17) is 4.74 Å². The first kappa shape index (κ1) is 16.0. The number of benzene rings is 3. The lowest BCUT2D eigenvalue weighted by Gasteiger charge is -2.32. The van der Waals surface area contributed by atoms with E-state index in [0.29, 0.717) is 28.3 Å². The third-order valence-corrected chi connectivity index (χ3v) is 5.73. The minimum atomic E-state index is -1.46. The number of allylic oxidation sites excluding steroid dienone is 1. The molecule has 5 heteroatoms. The van der Waals surface area contributed by atoms with E-state index in [9.17, 15) is 9.59 Å². The maximum atomic E-state index is 13.8. The number of aromatic nitrogens is 2. The Labute approximate surface area is 165 Å². The molecule has 0 saturated carbocycles. The van der Waals surface area contributed by atoms with Crippen LogP contribution in [0.4, 0.5) is 0 Å². The molecule has 29 heavy (non-hydrogen) atoms. The molecule has 3 aromatic carbocycles. The summed E-state index contributed by atoms with van der Waals surface area (Å²) in [5.74, 6) is 0.442. The quantitative estimate of drug-likeness (QED) is 0.465. The highest BCUT2D eigenvalue weighted by Gasteiger charge is 2.56. The van der Waals surface area contributed by atoms with Crippen LogP contribution in [0.3, 0.4) is 0 Å². The molecule has 1 aliphatic heterocycles. The number of carbonyl (C=O) groups excluding carboxylic acids is 2. The Morgan fingerprint density at radius 3 is 2.31 bits per heavy atom. The van der Waals surface area contributed by atoms with Gasteiger partial charge < -0.3 is 4.74 Å². The van der Waals surface area contributed by atoms with Crippen molar-refractivity contribution in [2.75, 3.05) is 0 Å². The van der Waals surface area contributed by atoms with Gasteiger partial charge in [-0.2, -0.15) is 0 Å². The summed E-state index contributed by atoms with van der Waals surface area (Å²) in [6.07, 6.45) is 6.58. The second kappa shape index (κ2) is 5.52. The van der Waals surface area contributed by atoms with Crippen molar-refractivity contribution in [1.82, 2.24) is 9.55 Å². The number of imidazole rings is 1. The number of ether oxygens (including phenoxy) is 1. The normalized spacial score (nSPS) is 16.5. The molecule has 138 valence electrons. The molecule has 0 fully saturated rings. The van der Waals surface area contributed by atoms with Crippen molar-refractivity contribution < 1.29 is 14.3 Å². The predicted molar refractivity (Wildman–Crippen MR) is 108 cm³/mol. The fourth-order valence-electron chi connectivity index (χ4n) is 4.42. The topological polar surface area (TPSA) is 61.2 Å². The molecule has 1 aromatic heterocycles. The van der Waals surface area contributed by atoms with E-state index in [1.807, 2.05) is 36.4 Å². The van der Waals surface area contributed by atoms with E-state index >= 15 is 0 Å². The smallest absolute Gasteiger partial charge is 0.203 e. The lowest BCUT2D eigenvalue weighted by atomic mass is 9.72. The van der Waals surface area contributed by atoms with Crippen molar-refractivity contribution >= 4 is 28.2 Å². The van der Waals surface area contributed by atoms with Gasteiger partial charge in [0, 0.05) is 35.2 Å². The Morgan fingerprint density at radius 2 is 1.59 bits per heavy atom. The number of hydrogen-bond donors (Lipinski definition) is 0. The van der Waals surface area contributed by atoms with Crippen molar-refractivity contribution in [1.29, 1.82) is 0 Å². The maximum Gasteiger partial charge on any atom is 0.203 e. The van der Waals surface area contributed by atoms with Crippen molar-refractivity contribution in [3.8, 4) is 5.75 Å². The van der Waals surface area contributed by atoms with Crippen LogP contribution >= 0.6 is 0 Å². The zero-order chi connectivity index (χ0) is 19.6. The van der Waals surface area contributed by atoms with E-state index in [1.165, 1.54) is 0 Å². The first-order valence-corrected chi connectivity index (χ1v) is 9.30. The Kier molecular flexibility index (Phi) is 3.04. The average Bonchev–Trinajstić information content (AvgIpc) is 3.37. The number of carbonyl (C=O) groups is 2. The summed E-state index contributed by atoms with van der Waals surface area (Å²) in [6, 6.07) is 18.5. The minimum absolute atomic E-state index is 0.225. The van der Waals surface area contributed by atoms with Crippen molar-refractivity contribution in [3.05, 3.63) is 102 Å². The molecule has 2 aliphatic rings. The van der Waals surface area contributed by atoms with Crippen molar-refractivity contribution in [3.63, 3.8) is 0 Å². The number of nitrogens with zero attached hydrogens (tertiary/aromatic N) is 2. The van der Waals surface area contributed by atoms with Gasteiger partial charge in [-0.3, -0.25) is 14.2 Å². The number of ketones is 2. The molecule has 0 saturated heterocycles. The van der Waals surface area contributed by atoms with Crippen LogP contribution in [0.1, 0.15) is 26.3 Å². The Bertz CT molecular complexity index is 1330. The van der Waals surface area contributed by atoms with Gasteiger partial charge in [0.25, 0.3) is 0 Å². The molecule has 0 unspecified atom stereocenters. The molecule has 0 bridgehead atoms. The summed E-state index contributed by atoms with van der Waals surface area (Å²) in [4.78, 5) is 31.6. The van der Waals surface area contributed by atoms with Crippen LogP contribution in [-0.4, -0.2) is 21.1 Å². The van der Waals surface area contributed by atoms with Gasteiger partial charge in [0.2, 0.25) is 5.88 Å².